The summed E-state index contributed by atoms with van der Waals surface area (Å²) in [4.78, 5) is 18.0. The number of aromatic nitrogens is 4. The maximum Gasteiger partial charge on any atom is 0.254 e. The first-order valence-electron chi connectivity index (χ1n) is 12.6. The van der Waals surface area contributed by atoms with E-state index in [2.05, 4.69) is 32.8 Å². The van der Waals surface area contributed by atoms with Crippen molar-refractivity contribution in [2.24, 2.45) is 0 Å². The summed E-state index contributed by atoms with van der Waals surface area (Å²) in [6, 6.07) is 7.48. The van der Waals surface area contributed by atoms with E-state index in [9.17, 15) is 8.78 Å². The van der Waals surface area contributed by atoms with Crippen LogP contribution in [0.3, 0.4) is 0 Å². The Kier molecular flexibility index (Phi) is 8.80. The summed E-state index contributed by atoms with van der Waals surface area (Å²) in [5, 5.41) is 4.70. The van der Waals surface area contributed by atoms with Gasteiger partial charge in [0.15, 0.2) is 0 Å². The first-order valence-corrected chi connectivity index (χ1v) is 12.6. The quantitative estimate of drug-likeness (QED) is 0.506. The van der Waals surface area contributed by atoms with E-state index in [1.807, 2.05) is 30.0 Å². The van der Waals surface area contributed by atoms with Crippen molar-refractivity contribution in [3.05, 3.63) is 59.4 Å². The average molecular weight is 546 g/mol. The number of hydrogen-bond acceptors (Lipinski definition) is 8. The van der Waals surface area contributed by atoms with E-state index >= 15 is 0 Å². The monoisotopic (exact) mass is 545 g/mol. The molecule has 0 aliphatic carbocycles. The zero-order valence-corrected chi connectivity index (χ0v) is 22.5. The molecule has 3 aromatic rings. The third-order valence-electron chi connectivity index (χ3n) is 6.88. The molecule has 0 amide bonds. The maximum absolute atomic E-state index is 13.6. The fourth-order valence-corrected chi connectivity index (χ4v) is 4.75. The lowest BCUT2D eigenvalue weighted by molar-refractivity contribution is 0.284. The van der Waals surface area contributed by atoms with E-state index < -0.39 is 11.6 Å². The number of nitrogen functional groups attached to an aromatic ring is 1. The van der Waals surface area contributed by atoms with E-state index in [-0.39, 0.29) is 12.4 Å². The molecular formula is C26H34ClF2N9. The van der Waals surface area contributed by atoms with Crippen LogP contribution in [0.25, 0.3) is 12.0 Å². The van der Waals surface area contributed by atoms with Gasteiger partial charge in [0.2, 0.25) is 0 Å². The topological polar surface area (TPSA) is 82.6 Å². The molecule has 0 unspecified atom stereocenters. The normalized spacial score (nSPS) is 17.3. The van der Waals surface area contributed by atoms with Gasteiger partial charge in [-0.15, -0.1) is 12.4 Å². The average Bonchev–Trinajstić information content (AvgIpc) is 3.24. The molecule has 2 aliphatic heterocycles. The van der Waals surface area contributed by atoms with Crippen LogP contribution < -0.4 is 15.5 Å². The standard InChI is InChI=1S/C26H33F2N9.ClH/c1-19-14-22(4-3-5-34-8-12-35(13-9-34)23-16-20(27)15-21(28)17-23)32-37(19)26-30-24(29)18-25(31-26)36-10-6-33(2)7-11-36;/h3-4,14-18H,5-13H2,1-2H3,(H2,29,30,31);1H. The summed E-state index contributed by atoms with van der Waals surface area (Å²) in [5.74, 6) is 0.619. The first kappa shape index (κ1) is 27.7. The molecule has 0 spiro atoms. The molecule has 2 fully saturated rings. The lowest BCUT2D eigenvalue weighted by atomic mass is 10.2. The number of benzene rings is 1. The fourth-order valence-electron chi connectivity index (χ4n) is 4.75. The van der Waals surface area contributed by atoms with Crippen LogP contribution in [0, 0.1) is 18.6 Å². The maximum atomic E-state index is 13.6. The van der Waals surface area contributed by atoms with Crippen molar-refractivity contribution in [3.63, 3.8) is 0 Å². The third-order valence-corrected chi connectivity index (χ3v) is 6.88. The number of likely N-dealkylation sites (N-methyl/N-ethyl adjacent to an activating group) is 1. The number of hydrogen-bond donors (Lipinski definition) is 1. The van der Waals surface area contributed by atoms with Crippen molar-refractivity contribution >= 4 is 35.8 Å². The molecule has 12 heteroatoms. The number of aryl methyl sites for hydroxylation is 1. The molecule has 38 heavy (non-hydrogen) atoms. The van der Waals surface area contributed by atoms with Gasteiger partial charge in [-0.2, -0.15) is 15.1 Å². The number of halogens is 3. The van der Waals surface area contributed by atoms with Crippen LogP contribution in [0.15, 0.2) is 36.4 Å². The molecule has 0 saturated carbocycles. The van der Waals surface area contributed by atoms with Crippen LogP contribution in [-0.4, -0.2) is 95.5 Å². The summed E-state index contributed by atoms with van der Waals surface area (Å²) < 4.78 is 28.8. The molecule has 2 aromatic heterocycles. The number of nitrogens with two attached hydrogens (primary N) is 1. The number of piperazine rings is 2. The molecule has 4 heterocycles. The molecule has 1 aromatic carbocycles. The second-order valence-electron chi connectivity index (χ2n) is 9.68. The zero-order valence-electron chi connectivity index (χ0n) is 21.7. The highest BCUT2D eigenvalue weighted by Crippen LogP contribution is 2.21. The summed E-state index contributed by atoms with van der Waals surface area (Å²) in [6.45, 7) is 9.53. The second kappa shape index (κ2) is 12.1. The summed E-state index contributed by atoms with van der Waals surface area (Å²) in [7, 11) is 2.12. The van der Waals surface area contributed by atoms with Crippen LogP contribution in [0.4, 0.5) is 26.1 Å². The fraction of sp³-hybridized carbons (Fsp3) is 0.423. The molecule has 0 radical (unpaired) electrons. The van der Waals surface area contributed by atoms with Crippen molar-refractivity contribution in [1.82, 2.24) is 29.5 Å². The Morgan fingerprint density at radius 2 is 1.53 bits per heavy atom. The predicted octanol–water partition coefficient (Wildman–Crippen LogP) is 2.84. The van der Waals surface area contributed by atoms with Gasteiger partial charge in [-0.3, -0.25) is 4.90 Å². The van der Waals surface area contributed by atoms with E-state index in [1.54, 1.807) is 4.68 Å². The lowest BCUT2D eigenvalue weighted by Gasteiger charge is -2.35. The van der Waals surface area contributed by atoms with Gasteiger partial charge in [-0.25, -0.2) is 13.5 Å². The lowest BCUT2D eigenvalue weighted by Crippen LogP contribution is -2.46. The highest BCUT2D eigenvalue weighted by atomic mass is 35.5. The third kappa shape index (κ3) is 6.58. The Hall–Kier alpha value is -3.28. The van der Waals surface area contributed by atoms with Crippen LogP contribution >= 0.6 is 12.4 Å². The Balaban J connectivity index is 0.00000336. The van der Waals surface area contributed by atoms with Gasteiger partial charge in [-0.05, 0) is 38.2 Å². The van der Waals surface area contributed by atoms with Gasteiger partial charge >= 0.3 is 0 Å². The van der Waals surface area contributed by atoms with Crippen LogP contribution in [0.5, 0.6) is 0 Å². The summed E-state index contributed by atoms with van der Waals surface area (Å²) in [6.07, 6.45) is 4.07. The van der Waals surface area contributed by atoms with Crippen molar-refractivity contribution in [3.8, 4) is 5.95 Å². The zero-order chi connectivity index (χ0) is 25.9. The summed E-state index contributed by atoms with van der Waals surface area (Å²) >= 11 is 0. The van der Waals surface area contributed by atoms with Gasteiger partial charge in [-0.1, -0.05) is 6.08 Å². The SMILES string of the molecule is Cc1cc(C=CCN2CCN(c3cc(F)cc(F)c3)CC2)nn1-c1nc(N)cc(N2CCN(C)CC2)n1.Cl. The van der Waals surface area contributed by atoms with E-state index in [1.165, 1.54) is 12.1 Å². The van der Waals surface area contributed by atoms with E-state index in [0.29, 0.717) is 30.5 Å². The molecule has 2 saturated heterocycles. The van der Waals surface area contributed by atoms with Gasteiger partial charge in [0.25, 0.3) is 5.95 Å². The van der Waals surface area contributed by atoms with E-state index in [0.717, 1.165) is 69.1 Å². The molecule has 9 nitrogen and oxygen atoms in total. The Morgan fingerprint density at radius 3 is 2.21 bits per heavy atom. The molecule has 2 aliphatic rings. The highest BCUT2D eigenvalue weighted by Gasteiger charge is 2.19. The Bertz CT molecular complexity index is 1250. The van der Waals surface area contributed by atoms with Crippen LogP contribution in [0.2, 0.25) is 0 Å². The minimum absolute atomic E-state index is 0. The number of anilines is 3. The molecular weight excluding hydrogens is 512 g/mol. The summed E-state index contributed by atoms with van der Waals surface area (Å²) in [5.41, 5.74) is 8.45. The Labute approximate surface area is 227 Å². The van der Waals surface area contributed by atoms with E-state index in [4.69, 9.17) is 15.8 Å². The molecule has 5 rings (SSSR count). The molecule has 2 N–H and O–H groups in total. The molecule has 0 bridgehead atoms. The van der Waals surface area contributed by atoms with Crippen molar-refractivity contribution in [1.29, 1.82) is 0 Å². The smallest absolute Gasteiger partial charge is 0.254 e. The molecule has 0 atom stereocenters. The first-order chi connectivity index (χ1) is 17.8. The minimum atomic E-state index is -0.547. The number of nitrogens with zero attached hydrogens (tertiary/aromatic N) is 8. The minimum Gasteiger partial charge on any atom is -0.383 e. The van der Waals surface area contributed by atoms with Crippen LogP contribution in [0.1, 0.15) is 11.4 Å². The number of rotatable bonds is 6. The van der Waals surface area contributed by atoms with Gasteiger partial charge in [0, 0.05) is 82.4 Å². The van der Waals surface area contributed by atoms with Gasteiger partial charge in [0.1, 0.15) is 23.3 Å². The molecule has 204 valence electrons. The van der Waals surface area contributed by atoms with Crippen LogP contribution in [-0.2, 0) is 0 Å². The van der Waals surface area contributed by atoms with Gasteiger partial charge < -0.3 is 20.4 Å². The largest absolute Gasteiger partial charge is 0.383 e. The highest BCUT2D eigenvalue weighted by molar-refractivity contribution is 5.85. The van der Waals surface area contributed by atoms with Gasteiger partial charge in [0.05, 0.1) is 5.69 Å². The Morgan fingerprint density at radius 1 is 0.868 bits per heavy atom. The predicted molar refractivity (Wildman–Crippen MR) is 149 cm³/mol. The van der Waals surface area contributed by atoms with Crippen molar-refractivity contribution in [2.75, 3.05) is 81.5 Å². The second-order valence-corrected chi connectivity index (χ2v) is 9.68. The van der Waals surface area contributed by atoms with Crippen molar-refractivity contribution < 1.29 is 8.78 Å². The van der Waals surface area contributed by atoms with Crippen molar-refractivity contribution in [2.45, 2.75) is 6.92 Å².